The SMILES string of the molecule is O=c1ccc2ccccc2n1CC1CCOCC1. The monoisotopic (exact) mass is 243 g/mol. The minimum absolute atomic E-state index is 0.0974. The highest BCUT2D eigenvalue weighted by atomic mass is 16.5. The zero-order valence-electron chi connectivity index (χ0n) is 10.3. The standard InChI is InChI=1S/C15H17NO2/c17-15-6-5-13-3-1-2-4-14(13)16(15)11-12-7-9-18-10-8-12/h1-6,12H,7-11H2. The van der Waals surface area contributed by atoms with Crippen LogP contribution in [0.25, 0.3) is 10.9 Å². The summed E-state index contributed by atoms with van der Waals surface area (Å²) >= 11 is 0. The van der Waals surface area contributed by atoms with E-state index in [1.54, 1.807) is 6.07 Å². The predicted octanol–water partition coefficient (Wildman–Crippen LogP) is 2.43. The topological polar surface area (TPSA) is 31.2 Å². The lowest BCUT2D eigenvalue weighted by atomic mass is 10.00. The number of rotatable bonds is 2. The van der Waals surface area contributed by atoms with Crippen molar-refractivity contribution in [3.63, 3.8) is 0 Å². The number of benzene rings is 1. The van der Waals surface area contributed by atoms with E-state index in [0.29, 0.717) is 5.92 Å². The quantitative estimate of drug-likeness (QED) is 0.811. The molecule has 0 spiro atoms. The maximum absolute atomic E-state index is 12.0. The molecule has 0 unspecified atom stereocenters. The zero-order valence-corrected chi connectivity index (χ0v) is 10.3. The van der Waals surface area contributed by atoms with Gasteiger partial charge in [0.25, 0.3) is 5.56 Å². The summed E-state index contributed by atoms with van der Waals surface area (Å²) in [4.78, 5) is 12.0. The van der Waals surface area contributed by atoms with Crippen molar-refractivity contribution < 1.29 is 4.74 Å². The molecule has 18 heavy (non-hydrogen) atoms. The van der Waals surface area contributed by atoms with E-state index in [1.807, 2.05) is 28.8 Å². The Labute approximate surface area is 106 Å². The molecule has 1 aromatic carbocycles. The molecular formula is C15H17NO2. The van der Waals surface area contributed by atoms with E-state index in [-0.39, 0.29) is 5.56 Å². The third-order valence-electron chi connectivity index (χ3n) is 3.68. The summed E-state index contributed by atoms with van der Waals surface area (Å²) in [6, 6.07) is 11.6. The minimum atomic E-state index is 0.0974. The smallest absolute Gasteiger partial charge is 0.251 e. The molecule has 94 valence electrons. The molecule has 2 heterocycles. The van der Waals surface area contributed by atoms with Gasteiger partial charge in [-0.1, -0.05) is 18.2 Å². The van der Waals surface area contributed by atoms with Crippen LogP contribution in [0.15, 0.2) is 41.2 Å². The fraction of sp³-hybridized carbons (Fsp3) is 0.400. The number of nitrogens with zero attached hydrogens (tertiary/aromatic N) is 1. The van der Waals surface area contributed by atoms with Gasteiger partial charge in [0.15, 0.2) is 0 Å². The van der Waals surface area contributed by atoms with Gasteiger partial charge < -0.3 is 9.30 Å². The molecule has 0 atom stereocenters. The van der Waals surface area contributed by atoms with Crippen LogP contribution in [0.1, 0.15) is 12.8 Å². The summed E-state index contributed by atoms with van der Waals surface area (Å²) in [5.74, 6) is 0.558. The van der Waals surface area contributed by atoms with E-state index in [2.05, 4.69) is 6.07 Å². The lowest BCUT2D eigenvalue weighted by Crippen LogP contribution is -2.27. The molecule has 0 radical (unpaired) electrons. The summed E-state index contributed by atoms with van der Waals surface area (Å²) in [6.07, 6.45) is 2.10. The second-order valence-electron chi connectivity index (χ2n) is 4.90. The molecule has 1 aliphatic rings. The Balaban J connectivity index is 1.99. The van der Waals surface area contributed by atoms with Crippen molar-refractivity contribution in [3.05, 3.63) is 46.8 Å². The molecule has 2 aromatic rings. The summed E-state index contributed by atoms with van der Waals surface area (Å²) in [5.41, 5.74) is 1.14. The molecule has 0 bridgehead atoms. The van der Waals surface area contributed by atoms with Crippen molar-refractivity contribution >= 4 is 10.9 Å². The van der Waals surface area contributed by atoms with Gasteiger partial charge in [0.05, 0.1) is 5.52 Å². The number of fused-ring (bicyclic) bond motifs is 1. The van der Waals surface area contributed by atoms with Gasteiger partial charge in [0.2, 0.25) is 0 Å². The fourth-order valence-electron chi connectivity index (χ4n) is 2.62. The Morgan fingerprint density at radius 1 is 1.11 bits per heavy atom. The third kappa shape index (κ3) is 2.18. The number of para-hydroxylation sites is 1. The third-order valence-corrected chi connectivity index (χ3v) is 3.68. The number of hydrogen-bond donors (Lipinski definition) is 0. The molecule has 1 fully saturated rings. The van der Waals surface area contributed by atoms with Gasteiger partial charge in [-0.3, -0.25) is 4.79 Å². The Kier molecular flexibility index (Phi) is 3.15. The van der Waals surface area contributed by atoms with Crippen LogP contribution in [0.2, 0.25) is 0 Å². The largest absolute Gasteiger partial charge is 0.381 e. The van der Waals surface area contributed by atoms with Gasteiger partial charge >= 0.3 is 0 Å². The van der Waals surface area contributed by atoms with Gasteiger partial charge in [-0.25, -0.2) is 0 Å². The van der Waals surface area contributed by atoms with Crippen molar-refractivity contribution in [1.82, 2.24) is 4.57 Å². The molecular weight excluding hydrogens is 226 g/mol. The van der Waals surface area contributed by atoms with Crippen LogP contribution in [-0.4, -0.2) is 17.8 Å². The van der Waals surface area contributed by atoms with E-state index >= 15 is 0 Å². The summed E-state index contributed by atoms with van der Waals surface area (Å²) in [7, 11) is 0. The molecule has 0 aliphatic carbocycles. The van der Waals surface area contributed by atoms with Gasteiger partial charge in [-0.2, -0.15) is 0 Å². The van der Waals surface area contributed by atoms with Crippen LogP contribution in [0.3, 0.4) is 0 Å². The Hall–Kier alpha value is -1.61. The van der Waals surface area contributed by atoms with Crippen molar-refractivity contribution in [2.45, 2.75) is 19.4 Å². The van der Waals surface area contributed by atoms with Crippen LogP contribution in [-0.2, 0) is 11.3 Å². The number of ether oxygens (including phenoxy) is 1. The van der Waals surface area contributed by atoms with Crippen LogP contribution in [0, 0.1) is 5.92 Å². The number of pyridine rings is 1. The minimum Gasteiger partial charge on any atom is -0.381 e. The molecule has 3 rings (SSSR count). The average Bonchev–Trinajstić information content (AvgIpc) is 2.43. The highest BCUT2D eigenvalue weighted by Gasteiger charge is 2.15. The van der Waals surface area contributed by atoms with Gasteiger partial charge in [-0.15, -0.1) is 0 Å². The van der Waals surface area contributed by atoms with Crippen LogP contribution in [0.4, 0.5) is 0 Å². The lowest BCUT2D eigenvalue weighted by Gasteiger charge is -2.23. The fourth-order valence-corrected chi connectivity index (χ4v) is 2.62. The Morgan fingerprint density at radius 2 is 1.89 bits per heavy atom. The highest BCUT2D eigenvalue weighted by Crippen LogP contribution is 2.19. The predicted molar refractivity (Wildman–Crippen MR) is 71.8 cm³/mol. The van der Waals surface area contributed by atoms with E-state index in [4.69, 9.17) is 4.74 Å². The molecule has 0 amide bonds. The first-order valence-corrected chi connectivity index (χ1v) is 6.51. The van der Waals surface area contributed by atoms with E-state index in [1.165, 1.54) is 0 Å². The van der Waals surface area contributed by atoms with E-state index < -0.39 is 0 Å². The van der Waals surface area contributed by atoms with E-state index in [0.717, 1.165) is 43.5 Å². The molecule has 3 nitrogen and oxygen atoms in total. The zero-order chi connectivity index (χ0) is 12.4. The van der Waals surface area contributed by atoms with Crippen molar-refractivity contribution in [3.8, 4) is 0 Å². The van der Waals surface area contributed by atoms with Crippen LogP contribution >= 0.6 is 0 Å². The summed E-state index contributed by atoms with van der Waals surface area (Å²) in [6.45, 7) is 2.46. The lowest BCUT2D eigenvalue weighted by molar-refractivity contribution is 0.0613. The maximum atomic E-state index is 12.0. The first-order valence-electron chi connectivity index (χ1n) is 6.51. The molecule has 3 heteroatoms. The molecule has 1 aliphatic heterocycles. The Bertz CT molecular complexity index is 597. The van der Waals surface area contributed by atoms with Gasteiger partial charge in [-0.05, 0) is 36.3 Å². The molecule has 0 N–H and O–H groups in total. The van der Waals surface area contributed by atoms with Crippen molar-refractivity contribution in [2.24, 2.45) is 5.92 Å². The highest BCUT2D eigenvalue weighted by molar-refractivity contribution is 5.78. The van der Waals surface area contributed by atoms with Crippen molar-refractivity contribution in [2.75, 3.05) is 13.2 Å². The van der Waals surface area contributed by atoms with E-state index in [9.17, 15) is 4.79 Å². The first-order chi connectivity index (χ1) is 8.84. The van der Waals surface area contributed by atoms with Gasteiger partial charge in [0, 0.05) is 25.8 Å². The maximum Gasteiger partial charge on any atom is 0.251 e. The Morgan fingerprint density at radius 3 is 2.72 bits per heavy atom. The molecule has 1 aromatic heterocycles. The molecule has 1 saturated heterocycles. The van der Waals surface area contributed by atoms with Gasteiger partial charge in [0.1, 0.15) is 0 Å². The van der Waals surface area contributed by atoms with Crippen LogP contribution < -0.4 is 5.56 Å². The average molecular weight is 243 g/mol. The summed E-state index contributed by atoms with van der Waals surface area (Å²) < 4.78 is 7.28. The number of aromatic nitrogens is 1. The second-order valence-corrected chi connectivity index (χ2v) is 4.90. The first kappa shape index (κ1) is 11.5. The van der Waals surface area contributed by atoms with Crippen LogP contribution in [0.5, 0.6) is 0 Å². The number of hydrogen-bond acceptors (Lipinski definition) is 2. The normalized spacial score (nSPS) is 17.1. The molecule has 0 saturated carbocycles. The second kappa shape index (κ2) is 4.94. The van der Waals surface area contributed by atoms with Crippen molar-refractivity contribution in [1.29, 1.82) is 0 Å². The summed E-state index contributed by atoms with van der Waals surface area (Å²) in [5, 5.41) is 1.13.